The number of likely N-dealkylation sites (N-methyl/N-ethyl adjacent to an activating group) is 1. The molecule has 27 heavy (non-hydrogen) atoms. The topological polar surface area (TPSA) is 84.2 Å². The van der Waals surface area contributed by atoms with Crippen LogP contribution in [0.3, 0.4) is 0 Å². The summed E-state index contributed by atoms with van der Waals surface area (Å²) in [6, 6.07) is 10.1. The molecule has 1 aliphatic rings. The lowest BCUT2D eigenvalue weighted by atomic mass is 9.91. The summed E-state index contributed by atoms with van der Waals surface area (Å²) in [7, 11) is 2.21. The van der Waals surface area contributed by atoms with Crippen molar-refractivity contribution >= 4 is 34.9 Å². The number of rotatable bonds is 4. The van der Waals surface area contributed by atoms with E-state index < -0.39 is 11.9 Å². The Kier molecular flexibility index (Phi) is 5.39. The van der Waals surface area contributed by atoms with Crippen molar-refractivity contribution in [3.8, 4) is 0 Å². The van der Waals surface area contributed by atoms with Crippen molar-refractivity contribution in [2.45, 2.75) is 19.9 Å². The second-order valence-electron chi connectivity index (χ2n) is 7.14. The lowest BCUT2D eigenvalue weighted by Crippen LogP contribution is -2.47. The number of benzene rings is 2. The summed E-state index contributed by atoms with van der Waals surface area (Å²) < 4.78 is 0.926. The van der Waals surface area contributed by atoms with Crippen molar-refractivity contribution in [2.75, 3.05) is 30.8 Å². The molecule has 3 amide bonds. The maximum Gasteiger partial charge on any atom is 0.323 e. The van der Waals surface area contributed by atoms with E-state index in [4.69, 9.17) is 17.3 Å². The summed E-state index contributed by atoms with van der Waals surface area (Å²) in [5.41, 5.74) is 9.15. The number of halogens is 1. The van der Waals surface area contributed by atoms with E-state index in [2.05, 4.69) is 24.6 Å². The molecular formula is C20H24ClN4O2+. The summed E-state index contributed by atoms with van der Waals surface area (Å²) in [4.78, 5) is 24.5. The molecule has 1 heterocycles. The number of urea groups is 1. The highest BCUT2D eigenvalue weighted by Gasteiger charge is 2.30. The number of nitrogens with one attached hydrogen (secondary N) is 2. The second-order valence-corrected chi connectivity index (χ2v) is 7.58. The molecule has 2 aromatic rings. The largest absolute Gasteiger partial charge is 0.366 e. The summed E-state index contributed by atoms with van der Waals surface area (Å²) in [6.07, 6.45) is 0.756. The number of anilines is 2. The van der Waals surface area contributed by atoms with E-state index in [1.165, 1.54) is 0 Å². The predicted molar refractivity (Wildman–Crippen MR) is 108 cm³/mol. The lowest BCUT2D eigenvalue weighted by Gasteiger charge is -2.38. The van der Waals surface area contributed by atoms with Crippen molar-refractivity contribution in [3.05, 3.63) is 58.1 Å². The average molecular weight is 388 g/mol. The minimum absolute atomic E-state index is 0.404. The first-order valence-electron chi connectivity index (χ1n) is 8.93. The number of amides is 3. The van der Waals surface area contributed by atoms with Gasteiger partial charge in [-0.05, 0) is 42.8 Å². The Hall–Kier alpha value is -2.57. The summed E-state index contributed by atoms with van der Waals surface area (Å²) >= 11 is 5.85. The molecule has 1 atom stereocenters. The molecule has 142 valence electrons. The standard InChI is InChI=1S/C20H23ClN4O2/c1-3-25(2)11-10-16-13(12-25)4-9-17(18(16)19(22)26)24-20(27)23-15-7-5-14(21)6-8-15/h4-9H,3,10-12H2,1-2H3,(H3-,22,23,24,26,27)/p+1. The first kappa shape index (κ1) is 19.2. The molecule has 7 heteroatoms. The normalized spacial score (nSPS) is 18.5. The molecule has 0 saturated heterocycles. The van der Waals surface area contributed by atoms with Crippen LogP contribution in [-0.4, -0.2) is 36.6 Å². The maximum absolute atomic E-state index is 12.3. The van der Waals surface area contributed by atoms with Gasteiger partial charge in [0.15, 0.2) is 0 Å². The molecule has 2 aromatic carbocycles. The number of quaternary nitrogens is 1. The molecule has 1 aliphatic heterocycles. The van der Waals surface area contributed by atoms with Crippen LogP contribution in [0.15, 0.2) is 36.4 Å². The van der Waals surface area contributed by atoms with Gasteiger partial charge in [-0.1, -0.05) is 17.7 Å². The van der Waals surface area contributed by atoms with Crippen LogP contribution in [0.2, 0.25) is 5.02 Å². The van der Waals surface area contributed by atoms with Gasteiger partial charge in [0.25, 0.3) is 5.91 Å². The third-order valence-electron chi connectivity index (χ3n) is 5.22. The highest BCUT2D eigenvalue weighted by molar-refractivity contribution is 6.30. The first-order chi connectivity index (χ1) is 12.8. The fraction of sp³-hybridized carbons (Fsp3) is 0.300. The molecule has 0 radical (unpaired) electrons. The smallest absolute Gasteiger partial charge is 0.323 e. The Morgan fingerprint density at radius 2 is 1.85 bits per heavy atom. The lowest BCUT2D eigenvalue weighted by molar-refractivity contribution is -0.922. The predicted octanol–water partition coefficient (Wildman–Crippen LogP) is 3.61. The molecule has 0 aliphatic carbocycles. The van der Waals surface area contributed by atoms with E-state index in [0.717, 1.165) is 41.7 Å². The van der Waals surface area contributed by atoms with Gasteiger partial charge in [-0.2, -0.15) is 0 Å². The number of hydrogen-bond donors (Lipinski definition) is 3. The highest BCUT2D eigenvalue weighted by Crippen LogP contribution is 2.30. The molecule has 0 saturated carbocycles. The minimum Gasteiger partial charge on any atom is -0.366 e. The van der Waals surface area contributed by atoms with E-state index in [1.54, 1.807) is 30.3 Å². The van der Waals surface area contributed by atoms with Crippen LogP contribution < -0.4 is 16.4 Å². The van der Waals surface area contributed by atoms with Crippen LogP contribution >= 0.6 is 11.6 Å². The second kappa shape index (κ2) is 7.58. The van der Waals surface area contributed by atoms with Gasteiger partial charge in [-0.15, -0.1) is 0 Å². The van der Waals surface area contributed by atoms with Gasteiger partial charge in [-0.3, -0.25) is 4.79 Å². The average Bonchev–Trinajstić information content (AvgIpc) is 2.63. The fourth-order valence-corrected chi connectivity index (χ4v) is 3.60. The van der Waals surface area contributed by atoms with Gasteiger partial charge in [0, 0.05) is 22.7 Å². The van der Waals surface area contributed by atoms with Crippen molar-refractivity contribution in [2.24, 2.45) is 5.73 Å². The molecule has 6 nitrogen and oxygen atoms in total. The number of nitrogens with two attached hydrogens (primary N) is 1. The highest BCUT2D eigenvalue weighted by atomic mass is 35.5. The third kappa shape index (κ3) is 4.23. The van der Waals surface area contributed by atoms with E-state index in [1.807, 2.05) is 6.07 Å². The number of nitrogens with zero attached hydrogens (tertiary/aromatic N) is 1. The maximum atomic E-state index is 12.3. The number of hydrogen-bond acceptors (Lipinski definition) is 2. The van der Waals surface area contributed by atoms with Gasteiger partial charge in [-0.25, -0.2) is 4.79 Å². The van der Waals surface area contributed by atoms with Crippen molar-refractivity contribution in [1.82, 2.24) is 0 Å². The molecule has 0 fully saturated rings. The summed E-state index contributed by atoms with van der Waals surface area (Å²) in [5.74, 6) is -0.527. The SMILES string of the molecule is CC[N+]1(C)CCc2c(ccc(NC(=O)Nc3ccc(Cl)cc3)c2C(N)=O)C1. The molecule has 1 unspecified atom stereocenters. The monoisotopic (exact) mass is 387 g/mol. The van der Waals surface area contributed by atoms with Crippen LogP contribution in [0.25, 0.3) is 0 Å². The third-order valence-corrected chi connectivity index (χ3v) is 5.48. The molecular weight excluding hydrogens is 364 g/mol. The Morgan fingerprint density at radius 1 is 1.15 bits per heavy atom. The Morgan fingerprint density at radius 3 is 2.48 bits per heavy atom. The molecule has 0 aromatic heterocycles. The Labute approximate surface area is 163 Å². The van der Waals surface area contributed by atoms with Crippen LogP contribution in [0.4, 0.5) is 16.2 Å². The van der Waals surface area contributed by atoms with E-state index in [0.29, 0.717) is 22.0 Å². The number of fused-ring (bicyclic) bond motifs is 1. The Balaban J connectivity index is 1.84. The number of carbonyl (C=O) groups excluding carboxylic acids is 2. The molecule has 4 N–H and O–H groups in total. The molecule has 0 bridgehead atoms. The molecule has 0 spiro atoms. The van der Waals surface area contributed by atoms with E-state index in [-0.39, 0.29) is 0 Å². The van der Waals surface area contributed by atoms with Crippen LogP contribution in [0.5, 0.6) is 0 Å². The van der Waals surface area contributed by atoms with Gasteiger partial charge in [0.2, 0.25) is 0 Å². The van der Waals surface area contributed by atoms with E-state index in [9.17, 15) is 9.59 Å². The van der Waals surface area contributed by atoms with Gasteiger partial charge >= 0.3 is 6.03 Å². The minimum atomic E-state index is -0.527. The van der Waals surface area contributed by atoms with Gasteiger partial charge < -0.3 is 20.9 Å². The Bertz CT molecular complexity index is 882. The quantitative estimate of drug-likeness (QED) is 0.700. The number of primary amides is 1. The van der Waals surface area contributed by atoms with Crippen molar-refractivity contribution in [1.29, 1.82) is 0 Å². The van der Waals surface area contributed by atoms with Crippen LogP contribution in [-0.2, 0) is 13.0 Å². The van der Waals surface area contributed by atoms with Crippen LogP contribution in [0.1, 0.15) is 28.4 Å². The zero-order chi connectivity index (χ0) is 19.6. The van der Waals surface area contributed by atoms with Gasteiger partial charge in [0.1, 0.15) is 6.54 Å². The number of carbonyl (C=O) groups is 2. The van der Waals surface area contributed by atoms with E-state index >= 15 is 0 Å². The first-order valence-corrected chi connectivity index (χ1v) is 9.31. The van der Waals surface area contributed by atoms with Crippen LogP contribution in [0, 0.1) is 0 Å². The van der Waals surface area contributed by atoms with Gasteiger partial charge in [0.05, 0.1) is 31.4 Å². The zero-order valence-electron chi connectivity index (χ0n) is 15.5. The fourth-order valence-electron chi connectivity index (χ4n) is 3.47. The zero-order valence-corrected chi connectivity index (χ0v) is 16.3. The van der Waals surface area contributed by atoms with Crippen molar-refractivity contribution in [3.63, 3.8) is 0 Å². The van der Waals surface area contributed by atoms with Crippen molar-refractivity contribution < 1.29 is 14.1 Å². The summed E-state index contributed by atoms with van der Waals surface area (Å²) in [6.45, 7) is 4.97. The molecule has 3 rings (SSSR count). The summed E-state index contributed by atoms with van der Waals surface area (Å²) in [5, 5.41) is 6.06.